The number of hydrogen-bond acceptors (Lipinski definition) is 8. The van der Waals surface area contributed by atoms with Crippen molar-refractivity contribution in [2.45, 2.75) is 96.4 Å². The van der Waals surface area contributed by atoms with Crippen molar-refractivity contribution in [1.82, 2.24) is 10.6 Å². The molecule has 2 saturated carbocycles. The highest BCUT2D eigenvalue weighted by molar-refractivity contribution is 5.84. The Morgan fingerprint density at radius 1 is 0.788 bits per heavy atom. The van der Waals surface area contributed by atoms with E-state index in [2.05, 4.69) is 10.6 Å². The Morgan fingerprint density at radius 2 is 1.42 bits per heavy atom. The molecule has 0 saturated heterocycles. The summed E-state index contributed by atoms with van der Waals surface area (Å²) >= 11 is 0. The second kappa shape index (κ2) is 19.1. The average Bonchev–Trinajstić information content (AvgIpc) is 3.67. The summed E-state index contributed by atoms with van der Waals surface area (Å²) in [5.41, 5.74) is 1.90. The maximum atomic E-state index is 14.1. The summed E-state index contributed by atoms with van der Waals surface area (Å²) in [4.78, 5) is 53.7. The first-order valence-corrected chi connectivity index (χ1v) is 18.5. The monoisotopic (exact) mass is 712 g/mol. The van der Waals surface area contributed by atoms with Crippen LogP contribution in [-0.2, 0) is 48.4 Å². The molecule has 1 unspecified atom stereocenters. The molecule has 2 amide bonds. The first-order valence-electron chi connectivity index (χ1n) is 18.5. The lowest BCUT2D eigenvalue weighted by atomic mass is 9.75. The highest BCUT2D eigenvalue weighted by Crippen LogP contribution is 2.45. The molecule has 5 rings (SSSR count). The van der Waals surface area contributed by atoms with Crippen molar-refractivity contribution >= 4 is 23.8 Å². The molecule has 52 heavy (non-hydrogen) atoms. The van der Waals surface area contributed by atoms with Crippen molar-refractivity contribution in [3.05, 3.63) is 95.6 Å². The van der Waals surface area contributed by atoms with Crippen molar-refractivity contribution in [1.29, 1.82) is 0 Å². The molecular formula is C42H52N2O8. The molecule has 0 radical (unpaired) electrons. The number of carbonyl (C=O) groups is 4. The van der Waals surface area contributed by atoms with E-state index in [0.717, 1.165) is 29.5 Å². The van der Waals surface area contributed by atoms with Crippen LogP contribution in [0.2, 0.25) is 0 Å². The maximum absolute atomic E-state index is 14.1. The number of carbonyl (C=O) groups excluding carboxylic acids is 4. The molecule has 3 aromatic carbocycles. The summed E-state index contributed by atoms with van der Waals surface area (Å²) in [6, 6.07) is 24.5. The van der Waals surface area contributed by atoms with Gasteiger partial charge in [-0.2, -0.15) is 0 Å². The smallest absolute Gasteiger partial charge is 0.309 e. The number of esters is 2. The Hall–Kier alpha value is -4.86. The molecule has 2 aliphatic rings. The summed E-state index contributed by atoms with van der Waals surface area (Å²) in [5.74, 6) is -0.401. The van der Waals surface area contributed by atoms with Gasteiger partial charge in [0.2, 0.25) is 11.8 Å². The van der Waals surface area contributed by atoms with Gasteiger partial charge in [0.15, 0.2) is 0 Å². The minimum absolute atomic E-state index is 0.0444. The Balaban J connectivity index is 1.18. The Labute approximate surface area is 306 Å². The Kier molecular flexibility index (Phi) is 14.1. The standard InChI is InChI=1S/C42H52N2O8/c1-49-36-21-17-34(37(25-36)50-2)27-43-38(45)22-18-33(40(47)52-29-31-13-7-4-8-14-31)26-42(23-9-10-24-42)41(48)44-35-19-15-32(16-20-35)39(46)51-28-30-11-5-3-6-12-30/h3-8,11-14,17,21,25,32-33,35H,9-10,15-16,18-20,22-24,26-29H2,1-2H3,(H,43,45)(H,44,48). The lowest BCUT2D eigenvalue weighted by molar-refractivity contribution is -0.152. The number of benzene rings is 3. The van der Waals surface area contributed by atoms with Gasteiger partial charge < -0.3 is 29.6 Å². The van der Waals surface area contributed by atoms with Crippen LogP contribution < -0.4 is 20.1 Å². The van der Waals surface area contributed by atoms with Gasteiger partial charge in [-0.1, -0.05) is 73.5 Å². The molecular weight excluding hydrogens is 660 g/mol. The molecule has 0 spiro atoms. The molecule has 1 atom stereocenters. The van der Waals surface area contributed by atoms with Crippen molar-refractivity contribution < 1.29 is 38.1 Å². The van der Waals surface area contributed by atoms with Crippen LogP contribution in [0.1, 0.15) is 87.3 Å². The predicted octanol–water partition coefficient (Wildman–Crippen LogP) is 6.83. The zero-order valence-electron chi connectivity index (χ0n) is 30.4. The first-order chi connectivity index (χ1) is 25.3. The normalized spacial score (nSPS) is 18.4. The highest BCUT2D eigenvalue weighted by Gasteiger charge is 2.45. The molecule has 2 aliphatic carbocycles. The molecule has 0 heterocycles. The Bertz CT molecular complexity index is 1620. The van der Waals surface area contributed by atoms with Crippen molar-refractivity contribution in [3.8, 4) is 11.5 Å². The van der Waals surface area contributed by atoms with E-state index in [1.165, 1.54) is 0 Å². The zero-order valence-corrected chi connectivity index (χ0v) is 30.4. The van der Waals surface area contributed by atoms with Gasteiger partial charge in [0.05, 0.1) is 31.5 Å². The number of ether oxygens (including phenoxy) is 4. The van der Waals surface area contributed by atoms with E-state index in [1.54, 1.807) is 20.3 Å². The summed E-state index contributed by atoms with van der Waals surface area (Å²) in [6.45, 7) is 0.636. The maximum Gasteiger partial charge on any atom is 0.309 e. The van der Waals surface area contributed by atoms with Crippen LogP contribution in [0.25, 0.3) is 0 Å². The van der Waals surface area contributed by atoms with Crippen molar-refractivity contribution in [3.63, 3.8) is 0 Å². The van der Waals surface area contributed by atoms with Gasteiger partial charge in [0.1, 0.15) is 24.7 Å². The van der Waals surface area contributed by atoms with Crippen LogP contribution in [0.3, 0.4) is 0 Å². The molecule has 0 aromatic heterocycles. The zero-order chi connectivity index (χ0) is 36.8. The lowest BCUT2D eigenvalue weighted by Gasteiger charge is -2.35. The summed E-state index contributed by atoms with van der Waals surface area (Å²) < 4.78 is 22.1. The van der Waals surface area contributed by atoms with Gasteiger partial charge >= 0.3 is 11.9 Å². The Morgan fingerprint density at radius 3 is 2.04 bits per heavy atom. The largest absolute Gasteiger partial charge is 0.497 e. The van der Waals surface area contributed by atoms with Crippen molar-refractivity contribution in [2.75, 3.05) is 14.2 Å². The summed E-state index contributed by atoms with van der Waals surface area (Å²) in [5, 5.41) is 6.25. The fourth-order valence-electron chi connectivity index (χ4n) is 7.44. The van der Waals surface area contributed by atoms with E-state index in [1.807, 2.05) is 72.8 Å². The molecule has 3 aromatic rings. The third kappa shape index (κ3) is 10.8. The quantitative estimate of drug-likeness (QED) is 0.146. The van der Waals surface area contributed by atoms with Gasteiger partial charge in [0.25, 0.3) is 0 Å². The highest BCUT2D eigenvalue weighted by atomic mass is 16.5. The van der Waals surface area contributed by atoms with Gasteiger partial charge in [-0.25, -0.2) is 0 Å². The van der Waals surface area contributed by atoms with E-state index in [-0.39, 0.29) is 62.3 Å². The van der Waals surface area contributed by atoms with Gasteiger partial charge in [-0.3, -0.25) is 19.2 Å². The van der Waals surface area contributed by atoms with E-state index >= 15 is 0 Å². The second-order valence-corrected chi connectivity index (χ2v) is 14.1. The van der Waals surface area contributed by atoms with Crippen LogP contribution in [0, 0.1) is 17.3 Å². The lowest BCUT2D eigenvalue weighted by Crippen LogP contribution is -2.47. The minimum atomic E-state index is -0.727. The fraction of sp³-hybridized carbons (Fsp3) is 0.476. The number of nitrogens with one attached hydrogen (secondary N) is 2. The predicted molar refractivity (Wildman–Crippen MR) is 196 cm³/mol. The molecule has 2 N–H and O–H groups in total. The van der Waals surface area contributed by atoms with Crippen molar-refractivity contribution in [2.24, 2.45) is 17.3 Å². The first kappa shape index (κ1) is 38.4. The van der Waals surface area contributed by atoms with Crippen LogP contribution in [0.4, 0.5) is 0 Å². The summed E-state index contributed by atoms with van der Waals surface area (Å²) in [7, 11) is 3.14. The second-order valence-electron chi connectivity index (χ2n) is 14.1. The molecule has 10 nitrogen and oxygen atoms in total. The van der Waals surface area contributed by atoms with Crippen LogP contribution in [0.15, 0.2) is 78.9 Å². The third-order valence-electron chi connectivity index (χ3n) is 10.5. The van der Waals surface area contributed by atoms with E-state index in [0.29, 0.717) is 56.4 Å². The molecule has 0 aliphatic heterocycles. The number of amides is 2. The number of rotatable bonds is 17. The van der Waals surface area contributed by atoms with Gasteiger partial charge in [0, 0.05) is 30.6 Å². The fourth-order valence-corrected chi connectivity index (χ4v) is 7.44. The topological polar surface area (TPSA) is 129 Å². The van der Waals surface area contributed by atoms with Gasteiger partial charge in [-0.05, 0) is 74.6 Å². The third-order valence-corrected chi connectivity index (χ3v) is 10.5. The van der Waals surface area contributed by atoms with E-state index < -0.39 is 17.3 Å². The minimum Gasteiger partial charge on any atom is -0.497 e. The number of hydrogen-bond donors (Lipinski definition) is 2. The molecule has 10 heteroatoms. The molecule has 0 bridgehead atoms. The van der Waals surface area contributed by atoms with Crippen LogP contribution >= 0.6 is 0 Å². The number of methoxy groups -OCH3 is 2. The molecule has 278 valence electrons. The SMILES string of the molecule is COc1ccc(CNC(=O)CCC(CC2(C(=O)NC3CCC(C(=O)OCc4ccccc4)CC3)CCCC2)C(=O)OCc2ccccc2)c(OC)c1. The van der Waals surface area contributed by atoms with Crippen LogP contribution in [0.5, 0.6) is 11.5 Å². The summed E-state index contributed by atoms with van der Waals surface area (Å²) in [6.07, 6.45) is 6.48. The molecule has 2 fully saturated rings. The van der Waals surface area contributed by atoms with E-state index in [4.69, 9.17) is 18.9 Å². The average molecular weight is 713 g/mol. The van der Waals surface area contributed by atoms with E-state index in [9.17, 15) is 19.2 Å². The van der Waals surface area contributed by atoms with Gasteiger partial charge in [-0.15, -0.1) is 0 Å². The van der Waals surface area contributed by atoms with Crippen LogP contribution in [-0.4, -0.2) is 44.0 Å².